The van der Waals surface area contributed by atoms with Gasteiger partial charge in [0.05, 0.1) is 34.5 Å². The Labute approximate surface area is 149 Å². The first-order valence-electron chi connectivity index (χ1n) is 7.73. The van der Waals surface area contributed by atoms with E-state index < -0.39 is 10.8 Å². The van der Waals surface area contributed by atoms with E-state index in [1.54, 1.807) is 18.2 Å². The normalized spacial score (nSPS) is 14.2. The molecule has 130 valence electrons. The Morgan fingerprint density at radius 2 is 1.92 bits per heavy atom. The van der Waals surface area contributed by atoms with E-state index in [4.69, 9.17) is 16.3 Å². The van der Waals surface area contributed by atoms with E-state index in [0.717, 1.165) is 5.69 Å². The molecule has 1 amide bonds. The summed E-state index contributed by atoms with van der Waals surface area (Å²) >= 11 is 6.34. The molecule has 7 nitrogen and oxygen atoms in total. The number of non-ortho nitro benzene ring substituents is 1. The van der Waals surface area contributed by atoms with Crippen LogP contribution in [0.15, 0.2) is 42.5 Å². The lowest BCUT2D eigenvalue weighted by atomic mass is 10.1. The van der Waals surface area contributed by atoms with E-state index in [1.165, 1.54) is 24.3 Å². The topological polar surface area (TPSA) is 84.7 Å². The zero-order valence-electron chi connectivity index (χ0n) is 13.3. The van der Waals surface area contributed by atoms with Crippen molar-refractivity contribution < 1.29 is 14.5 Å². The van der Waals surface area contributed by atoms with Gasteiger partial charge in [-0.3, -0.25) is 14.9 Å². The third kappa shape index (κ3) is 3.89. The third-order valence-electron chi connectivity index (χ3n) is 3.88. The number of hydrogen-bond donors (Lipinski definition) is 1. The lowest BCUT2D eigenvalue weighted by Crippen LogP contribution is -2.37. The molecular weight excluding hydrogens is 346 g/mol. The first-order chi connectivity index (χ1) is 12.1. The van der Waals surface area contributed by atoms with Crippen LogP contribution in [-0.2, 0) is 4.74 Å². The average molecular weight is 362 g/mol. The second kappa shape index (κ2) is 7.50. The number of ether oxygens (including phenoxy) is 1. The van der Waals surface area contributed by atoms with Crippen molar-refractivity contribution in [3.05, 3.63) is 63.2 Å². The molecule has 0 radical (unpaired) electrons. The van der Waals surface area contributed by atoms with Crippen LogP contribution in [0.3, 0.4) is 0 Å². The summed E-state index contributed by atoms with van der Waals surface area (Å²) in [5.74, 6) is -0.430. The molecule has 0 atom stereocenters. The van der Waals surface area contributed by atoms with Crippen LogP contribution >= 0.6 is 11.6 Å². The Bertz CT molecular complexity index is 806. The molecule has 1 fully saturated rings. The van der Waals surface area contributed by atoms with Crippen LogP contribution in [0, 0.1) is 10.1 Å². The molecule has 8 heteroatoms. The predicted octanol–water partition coefficient (Wildman–Crippen LogP) is 3.34. The number of morpholine rings is 1. The maximum absolute atomic E-state index is 12.5. The highest BCUT2D eigenvalue weighted by atomic mass is 35.5. The van der Waals surface area contributed by atoms with Crippen LogP contribution in [-0.4, -0.2) is 37.1 Å². The zero-order valence-corrected chi connectivity index (χ0v) is 14.0. The Morgan fingerprint density at radius 1 is 1.20 bits per heavy atom. The van der Waals surface area contributed by atoms with E-state index in [2.05, 4.69) is 10.2 Å². The Morgan fingerprint density at radius 3 is 2.64 bits per heavy atom. The predicted molar refractivity (Wildman–Crippen MR) is 95.5 cm³/mol. The minimum absolute atomic E-state index is 0.132. The lowest BCUT2D eigenvalue weighted by Gasteiger charge is -2.31. The van der Waals surface area contributed by atoms with E-state index in [1.807, 2.05) is 0 Å². The van der Waals surface area contributed by atoms with Crippen molar-refractivity contribution in [2.75, 3.05) is 36.5 Å². The molecule has 2 aromatic rings. The zero-order chi connectivity index (χ0) is 17.8. The van der Waals surface area contributed by atoms with Gasteiger partial charge in [0.15, 0.2) is 0 Å². The lowest BCUT2D eigenvalue weighted by molar-refractivity contribution is -0.384. The van der Waals surface area contributed by atoms with Gasteiger partial charge in [0.1, 0.15) is 0 Å². The van der Waals surface area contributed by atoms with Crippen LogP contribution in [0.2, 0.25) is 5.02 Å². The number of amides is 1. The number of nitrogens with zero attached hydrogens (tertiary/aromatic N) is 2. The maximum atomic E-state index is 12.5. The van der Waals surface area contributed by atoms with Gasteiger partial charge in [0.2, 0.25) is 0 Å². The highest BCUT2D eigenvalue weighted by Crippen LogP contribution is 2.34. The van der Waals surface area contributed by atoms with Crippen molar-refractivity contribution in [1.29, 1.82) is 0 Å². The summed E-state index contributed by atoms with van der Waals surface area (Å²) in [6.45, 7) is 2.51. The molecule has 1 heterocycles. The number of benzene rings is 2. The van der Waals surface area contributed by atoms with Gasteiger partial charge < -0.3 is 15.0 Å². The number of rotatable bonds is 4. The van der Waals surface area contributed by atoms with Gasteiger partial charge in [-0.25, -0.2) is 0 Å². The summed E-state index contributed by atoms with van der Waals surface area (Å²) in [4.78, 5) is 24.9. The second-order valence-electron chi connectivity index (χ2n) is 5.50. The van der Waals surface area contributed by atoms with Gasteiger partial charge in [-0.15, -0.1) is 0 Å². The van der Waals surface area contributed by atoms with Crippen molar-refractivity contribution in [2.45, 2.75) is 0 Å². The van der Waals surface area contributed by atoms with E-state index in [-0.39, 0.29) is 11.3 Å². The largest absolute Gasteiger partial charge is 0.378 e. The minimum atomic E-state index is -0.532. The molecule has 1 aliphatic rings. The molecule has 0 aromatic heterocycles. The highest BCUT2D eigenvalue weighted by molar-refractivity contribution is 6.34. The summed E-state index contributed by atoms with van der Waals surface area (Å²) in [6, 6.07) is 10.9. The minimum Gasteiger partial charge on any atom is -0.378 e. The second-order valence-corrected chi connectivity index (χ2v) is 5.90. The first kappa shape index (κ1) is 17.2. The molecule has 0 spiro atoms. The summed E-state index contributed by atoms with van der Waals surface area (Å²) in [5, 5.41) is 14.2. The van der Waals surface area contributed by atoms with Crippen LogP contribution in [0.5, 0.6) is 0 Å². The molecule has 3 rings (SSSR count). The Hall–Kier alpha value is -2.64. The van der Waals surface area contributed by atoms with Gasteiger partial charge in [0, 0.05) is 30.8 Å². The number of carbonyl (C=O) groups excluding carboxylic acids is 1. The molecule has 1 aliphatic heterocycles. The number of nitro groups is 1. The number of hydrogen-bond acceptors (Lipinski definition) is 5. The summed E-state index contributed by atoms with van der Waals surface area (Å²) in [7, 11) is 0. The molecule has 0 bridgehead atoms. The van der Waals surface area contributed by atoms with Crippen LogP contribution in [0.25, 0.3) is 0 Å². The fraction of sp³-hybridized carbons (Fsp3) is 0.235. The number of halogens is 1. The molecule has 25 heavy (non-hydrogen) atoms. The van der Waals surface area contributed by atoms with Gasteiger partial charge in [0.25, 0.3) is 11.6 Å². The van der Waals surface area contributed by atoms with Crippen molar-refractivity contribution in [1.82, 2.24) is 0 Å². The van der Waals surface area contributed by atoms with Gasteiger partial charge in [-0.2, -0.15) is 0 Å². The van der Waals surface area contributed by atoms with Gasteiger partial charge in [-0.05, 0) is 18.2 Å². The van der Waals surface area contributed by atoms with Crippen molar-refractivity contribution in [3.63, 3.8) is 0 Å². The Kier molecular flexibility index (Phi) is 5.16. The summed E-state index contributed by atoms with van der Waals surface area (Å²) in [5.41, 5.74) is 1.37. The standard InChI is InChI=1S/C17H16ClN3O4/c18-14-5-2-6-15(16(14)20-7-9-25-10-8-20)19-17(22)12-3-1-4-13(11-12)21(23)24/h1-6,11H,7-10H2,(H,19,22). The number of nitro benzene ring substituents is 1. The van der Waals surface area contributed by atoms with Crippen molar-refractivity contribution in [2.24, 2.45) is 0 Å². The van der Waals surface area contributed by atoms with E-state index in [0.29, 0.717) is 37.0 Å². The molecule has 1 saturated heterocycles. The third-order valence-corrected chi connectivity index (χ3v) is 4.19. The number of nitrogens with one attached hydrogen (secondary N) is 1. The van der Waals surface area contributed by atoms with Crippen molar-refractivity contribution in [3.8, 4) is 0 Å². The van der Waals surface area contributed by atoms with Crippen LogP contribution < -0.4 is 10.2 Å². The molecular formula is C17H16ClN3O4. The van der Waals surface area contributed by atoms with Crippen molar-refractivity contribution >= 4 is 34.6 Å². The average Bonchev–Trinajstić information content (AvgIpc) is 2.62. The Balaban J connectivity index is 1.87. The van der Waals surface area contributed by atoms with Gasteiger partial charge >= 0.3 is 0 Å². The quantitative estimate of drug-likeness (QED) is 0.667. The van der Waals surface area contributed by atoms with E-state index in [9.17, 15) is 14.9 Å². The monoisotopic (exact) mass is 361 g/mol. The SMILES string of the molecule is O=C(Nc1cccc(Cl)c1N1CCOCC1)c1cccc([N+](=O)[O-])c1. The number of para-hydroxylation sites is 1. The summed E-state index contributed by atoms with van der Waals surface area (Å²) in [6.07, 6.45) is 0. The van der Waals surface area contributed by atoms with E-state index >= 15 is 0 Å². The highest BCUT2D eigenvalue weighted by Gasteiger charge is 2.20. The fourth-order valence-electron chi connectivity index (χ4n) is 2.68. The number of anilines is 2. The first-order valence-corrected chi connectivity index (χ1v) is 8.11. The molecule has 1 N–H and O–H groups in total. The molecule has 0 unspecified atom stereocenters. The molecule has 0 aliphatic carbocycles. The molecule has 0 saturated carbocycles. The van der Waals surface area contributed by atoms with Gasteiger partial charge in [-0.1, -0.05) is 23.7 Å². The number of carbonyl (C=O) groups is 1. The smallest absolute Gasteiger partial charge is 0.270 e. The van der Waals surface area contributed by atoms with Crippen LogP contribution in [0.1, 0.15) is 10.4 Å². The maximum Gasteiger partial charge on any atom is 0.270 e. The summed E-state index contributed by atoms with van der Waals surface area (Å²) < 4.78 is 5.35. The fourth-order valence-corrected chi connectivity index (χ4v) is 2.97. The van der Waals surface area contributed by atoms with Crippen LogP contribution in [0.4, 0.5) is 17.1 Å². The molecule has 2 aromatic carbocycles.